The number of hydrogen-bond donors (Lipinski definition) is 6. The minimum Gasteiger partial charge on any atom is -0.507 e. The van der Waals surface area contributed by atoms with Crippen molar-refractivity contribution in [3.63, 3.8) is 0 Å². The van der Waals surface area contributed by atoms with Gasteiger partial charge in [-0.15, -0.1) is 0 Å². The van der Waals surface area contributed by atoms with Crippen LogP contribution in [0.4, 0.5) is 0 Å². The second kappa shape index (κ2) is 13.7. The number of carbonyl (C=O) groups excluding carboxylic acids is 4. The monoisotopic (exact) mass is 567 g/mol. The van der Waals surface area contributed by atoms with E-state index in [0.29, 0.717) is 58.3 Å². The summed E-state index contributed by atoms with van der Waals surface area (Å²) in [7, 11) is 1.61. The molecule has 2 heterocycles. The average Bonchev–Trinajstić information content (AvgIpc) is 3.47. The van der Waals surface area contributed by atoms with E-state index in [1.54, 1.807) is 22.9 Å². The lowest BCUT2D eigenvalue weighted by atomic mass is 9.95. The molecule has 0 radical (unpaired) electrons. The fourth-order valence-corrected chi connectivity index (χ4v) is 5.74. The standard InChI is InChI=1S/C29H41N7O5/c1-32-25(38)18-10-14-35(15-11-18)28(41)23-9-5-13-36(23)27(40)22(8-4-12-33-29(30)31)34-26(39)21-16-19-6-2-3-7-20(19)17-24(21)37/h2-3,6-7,16-18,22-23,29,33,37H,4-5,8-15,30-31H2,1H3,(H,32,38)(H,34,39). The van der Waals surface area contributed by atoms with Crippen LogP contribution >= 0.6 is 0 Å². The summed E-state index contributed by atoms with van der Waals surface area (Å²) in [5.74, 6) is -1.36. The zero-order chi connectivity index (χ0) is 29.5. The fourth-order valence-electron chi connectivity index (χ4n) is 5.74. The smallest absolute Gasteiger partial charge is 0.255 e. The predicted molar refractivity (Wildman–Crippen MR) is 154 cm³/mol. The molecule has 8 N–H and O–H groups in total. The number of rotatable bonds is 10. The van der Waals surface area contributed by atoms with E-state index in [1.807, 2.05) is 24.3 Å². The molecule has 2 unspecified atom stereocenters. The SMILES string of the molecule is CNC(=O)C1CCN(C(=O)C2CCCN2C(=O)C(CCCNC(N)N)NC(=O)c2cc3ccccc3cc2O)CC1. The summed E-state index contributed by atoms with van der Waals surface area (Å²) < 4.78 is 0. The summed E-state index contributed by atoms with van der Waals surface area (Å²) in [6.45, 7) is 1.76. The minimum absolute atomic E-state index is 0.0177. The summed E-state index contributed by atoms with van der Waals surface area (Å²) in [6, 6.07) is 8.94. The quantitative estimate of drug-likeness (QED) is 0.174. The molecule has 2 aromatic rings. The van der Waals surface area contributed by atoms with Gasteiger partial charge in [-0.25, -0.2) is 0 Å². The number of phenolic OH excluding ortho intramolecular Hbond substituents is 1. The van der Waals surface area contributed by atoms with Crippen molar-refractivity contribution < 1.29 is 24.3 Å². The Labute approximate surface area is 239 Å². The number of hydrogen-bond acceptors (Lipinski definition) is 8. The largest absolute Gasteiger partial charge is 0.507 e. The van der Waals surface area contributed by atoms with Crippen LogP contribution in [0.1, 0.15) is 48.9 Å². The van der Waals surface area contributed by atoms with Crippen LogP contribution in [0.15, 0.2) is 36.4 Å². The summed E-state index contributed by atoms with van der Waals surface area (Å²) in [6.07, 6.45) is 2.44. The second-order valence-corrected chi connectivity index (χ2v) is 10.8. The molecule has 0 saturated carbocycles. The van der Waals surface area contributed by atoms with Crippen LogP contribution in [-0.4, -0.2) is 90.1 Å². The molecule has 12 nitrogen and oxygen atoms in total. The third-order valence-electron chi connectivity index (χ3n) is 8.01. The summed E-state index contributed by atoms with van der Waals surface area (Å²) in [4.78, 5) is 56.0. The molecule has 2 atom stereocenters. The number of nitrogens with zero attached hydrogens (tertiary/aromatic N) is 2. The van der Waals surface area contributed by atoms with Gasteiger partial charge in [-0.2, -0.15) is 0 Å². The Bertz CT molecular complexity index is 1260. The maximum absolute atomic E-state index is 13.9. The molecule has 222 valence electrons. The lowest BCUT2D eigenvalue weighted by Crippen LogP contribution is -2.55. The first-order valence-electron chi connectivity index (χ1n) is 14.3. The van der Waals surface area contributed by atoms with E-state index in [-0.39, 0.29) is 41.4 Å². The third kappa shape index (κ3) is 7.32. The molecule has 2 aliphatic heterocycles. The number of nitrogens with one attached hydrogen (secondary N) is 3. The van der Waals surface area contributed by atoms with Crippen LogP contribution < -0.4 is 27.4 Å². The molecular formula is C29H41N7O5. The van der Waals surface area contributed by atoms with Gasteiger partial charge in [0.05, 0.1) is 5.56 Å². The normalized spacial score (nSPS) is 18.5. The van der Waals surface area contributed by atoms with Crippen LogP contribution in [-0.2, 0) is 14.4 Å². The Kier molecular flexibility index (Phi) is 10.1. The van der Waals surface area contributed by atoms with Gasteiger partial charge in [-0.05, 0) is 68.0 Å². The van der Waals surface area contributed by atoms with Crippen LogP contribution in [0.3, 0.4) is 0 Å². The first-order valence-corrected chi connectivity index (χ1v) is 14.3. The number of piperidine rings is 1. The van der Waals surface area contributed by atoms with Crippen molar-refractivity contribution in [2.45, 2.75) is 56.9 Å². The molecule has 2 aromatic carbocycles. The van der Waals surface area contributed by atoms with Crippen molar-refractivity contribution in [3.05, 3.63) is 42.0 Å². The molecule has 4 amide bonds. The Hall–Kier alpha value is -3.74. The maximum Gasteiger partial charge on any atom is 0.255 e. The third-order valence-corrected chi connectivity index (χ3v) is 8.01. The van der Waals surface area contributed by atoms with E-state index in [1.165, 1.54) is 6.07 Å². The highest BCUT2D eigenvalue weighted by Gasteiger charge is 2.40. The molecule has 0 aliphatic carbocycles. The number of nitrogens with two attached hydrogens (primary N) is 2. The van der Waals surface area contributed by atoms with Gasteiger partial charge in [0.25, 0.3) is 5.91 Å². The van der Waals surface area contributed by atoms with Gasteiger partial charge in [0, 0.05) is 32.6 Å². The molecule has 2 aliphatic rings. The molecule has 2 saturated heterocycles. The van der Waals surface area contributed by atoms with Gasteiger partial charge in [0.2, 0.25) is 17.7 Å². The Morgan fingerprint density at radius 1 is 1.02 bits per heavy atom. The number of likely N-dealkylation sites (tertiary alicyclic amines) is 2. The summed E-state index contributed by atoms with van der Waals surface area (Å²) >= 11 is 0. The van der Waals surface area contributed by atoms with E-state index < -0.39 is 24.3 Å². The highest BCUT2D eigenvalue weighted by atomic mass is 16.3. The average molecular weight is 568 g/mol. The summed E-state index contributed by atoms with van der Waals surface area (Å²) in [5.41, 5.74) is 11.2. The van der Waals surface area contributed by atoms with E-state index in [9.17, 15) is 24.3 Å². The molecule has 2 fully saturated rings. The second-order valence-electron chi connectivity index (χ2n) is 10.8. The van der Waals surface area contributed by atoms with E-state index in [2.05, 4.69) is 16.0 Å². The van der Waals surface area contributed by atoms with Gasteiger partial charge < -0.3 is 37.0 Å². The number of aromatic hydroxyl groups is 1. The van der Waals surface area contributed by atoms with Crippen molar-refractivity contribution in [2.24, 2.45) is 17.4 Å². The van der Waals surface area contributed by atoms with E-state index in [0.717, 1.165) is 10.8 Å². The number of amides is 4. The molecular weight excluding hydrogens is 526 g/mol. The van der Waals surface area contributed by atoms with Crippen LogP contribution in [0.25, 0.3) is 10.8 Å². The van der Waals surface area contributed by atoms with Gasteiger partial charge in [0.15, 0.2) is 0 Å². The van der Waals surface area contributed by atoms with Gasteiger partial charge >= 0.3 is 0 Å². The van der Waals surface area contributed by atoms with E-state index >= 15 is 0 Å². The van der Waals surface area contributed by atoms with E-state index in [4.69, 9.17) is 11.5 Å². The highest BCUT2D eigenvalue weighted by Crippen LogP contribution is 2.27. The predicted octanol–water partition coefficient (Wildman–Crippen LogP) is 0.190. The molecule has 41 heavy (non-hydrogen) atoms. The first-order chi connectivity index (χ1) is 19.7. The Morgan fingerprint density at radius 3 is 2.37 bits per heavy atom. The number of benzene rings is 2. The molecule has 12 heteroatoms. The number of fused-ring (bicyclic) bond motifs is 1. The van der Waals surface area contributed by atoms with Crippen molar-refractivity contribution >= 4 is 34.4 Å². The van der Waals surface area contributed by atoms with Gasteiger partial charge in [0.1, 0.15) is 24.1 Å². The van der Waals surface area contributed by atoms with Crippen molar-refractivity contribution in [1.29, 1.82) is 0 Å². The van der Waals surface area contributed by atoms with Crippen LogP contribution in [0.5, 0.6) is 5.75 Å². The summed E-state index contributed by atoms with van der Waals surface area (Å²) in [5, 5.41) is 20.5. The zero-order valence-corrected chi connectivity index (χ0v) is 23.5. The Morgan fingerprint density at radius 2 is 1.71 bits per heavy atom. The van der Waals surface area contributed by atoms with Crippen molar-refractivity contribution in [2.75, 3.05) is 33.2 Å². The molecule has 0 spiro atoms. The van der Waals surface area contributed by atoms with Gasteiger partial charge in [-0.1, -0.05) is 24.3 Å². The number of phenols is 1. The van der Waals surface area contributed by atoms with Crippen molar-refractivity contribution in [1.82, 2.24) is 25.8 Å². The number of carbonyl (C=O) groups is 4. The lowest BCUT2D eigenvalue weighted by molar-refractivity contribution is -0.146. The van der Waals surface area contributed by atoms with Crippen molar-refractivity contribution in [3.8, 4) is 5.75 Å². The molecule has 4 rings (SSSR count). The van der Waals surface area contributed by atoms with Gasteiger partial charge in [-0.3, -0.25) is 24.5 Å². The maximum atomic E-state index is 13.9. The molecule has 0 bridgehead atoms. The fraction of sp³-hybridized carbons (Fsp3) is 0.517. The highest BCUT2D eigenvalue weighted by molar-refractivity contribution is 6.03. The molecule has 0 aromatic heterocycles. The lowest BCUT2D eigenvalue weighted by Gasteiger charge is -2.36. The van der Waals surface area contributed by atoms with Crippen LogP contribution in [0.2, 0.25) is 0 Å². The zero-order valence-electron chi connectivity index (χ0n) is 23.5. The first kappa shape index (κ1) is 30.2. The topological polar surface area (TPSA) is 183 Å². The van der Waals surface area contributed by atoms with Crippen LogP contribution in [0, 0.1) is 5.92 Å². The Balaban J connectivity index is 1.48. The minimum atomic E-state index is -0.920.